The minimum atomic E-state index is -0.305. The van der Waals surface area contributed by atoms with Gasteiger partial charge in [-0.15, -0.1) is 0 Å². The third kappa shape index (κ3) is 2.90. The predicted molar refractivity (Wildman–Crippen MR) is 88.8 cm³/mol. The first-order chi connectivity index (χ1) is 11.1. The van der Waals surface area contributed by atoms with Crippen LogP contribution in [0, 0.1) is 17.0 Å². The van der Waals surface area contributed by atoms with E-state index in [0.717, 1.165) is 28.1 Å². The zero-order valence-corrected chi connectivity index (χ0v) is 13.1. The summed E-state index contributed by atoms with van der Waals surface area (Å²) in [6, 6.07) is 15.4. The third-order valence-corrected chi connectivity index (χ3v) is 4.10. The number of hydrogen-bond acceptors (Lipinski definition) is 3. The fourth-order valence-corrected chi connectivity index (χ4v) is 3.06. The molecule has 0 aliphatic carbocycles. The van der Waals surface area contributed by atoms with Crippen molar-refractivity contribution in [1.29, 1.82) is 0 Å². The molecule has 1 atom stereocenters. The van der Waals surface area contributed by atoms with E-state index in [1.165, 1.54) is 0 Å². The highest BCUT2D eigenvalue weighted by Gasteiger charge is 2.25. The zero-order chi connectivity index (χ0) is 16.4. The Kier molecular flexibility index (Phi) is 4.02. The van der Waals surface area contributed by atoms with Gasteiger partial charge in [0.2, 0.25) is 6.54 Å². The molecule has 118 valence electrons. The fraction of sp³-hybridized carbons (Fsp3) is 0.222. The van der Waals surface area contributed by atoms with Gasteiger partial charge in [0, 0.05) is 22.3 Å². The predicted octanol–water partition coefficient (Wildman–Crippen LogP) is 3.66. The zero-order valence-electron chi connectivity index (χ0n) is 13.1. The lowest BCUT2D eigenvalue weighted by Crippen LogP contribution is -2.16. The first-order valence-electron chi connectivity index (χ1n) is 7.42. The molecule has 2 aromatic heterocycles. The van der Waals surface area contributed by atoms with Crippen LogP contribution in [0.3, 0.4) is 0 Å². The molecule has 2 heterocycles. The number of methoxy groups -OCH3 is 1. The van der Waals surface area contributed by atoms with Crippen LogP contribution >= 0.6 is 0 Å². The molecule has 0 saturated heterocycles. The molecule has 0 N–H and O–H groups in total. The number of nitrogens with zero attached hydrogens (tertiary/aromatic N) is 2. The highest BCUT2D eigenvalue weighted by molar-refractivity contribution is 5.55. The minimum absolute atomic E-state index is 0.145. The Morgan fingerprint density at radius 3 is 2.61 bits per heavy atom. The molecule has 0 radical (unpaired) electrons. The van der Waals surface area contributed by atoms with Crippen LogP contribution in [0.1, 0.15) is 22.7 Å². The number of benzene rings is 1. The number of ether oxygens (including phenoxy) is 1. The summed E-state index contributed by atoms with van der Waals surface area (Å²) >= 11 is 0. The van der Waals surface area contributed by atoms with E-state index in [0.29, 0.717) is 0 Å². The maximum Gasteiger partial charge on any atom is 0.216 e. The summed E-state index contributed by atoms with van der Waals surface area (Å²) in [6.07, 6.45) is 1.95. The van der Waals surface area contributed by atoms with Crippen LogP contribution in [-0.2, 0) is 0 Å². The van der Waals surface area contributed by atoms with Gasteiger partial charge in [-0.3, -0.25) is 10.1 Å². The van der Waals surface area contributed by atoms with E-state index < -0.39 is 0 Å². The molecule has 0 unspecified atom stereocenters. The number of aryl methyl sites for hydroxylation is 1. The van der Waals surface area contributed by atoms with E-state index in [9.17, 15) is 10.1 Å². The lowest BCUT2D eigenvalue weighted by molar-refractivity contribution is -0.482. The van der Waals surface area contributed by atoms with Crippen molar-refractivity contribution in [2.45, 2.75) is 12.8 Å². The van der Waals surface area contributed by atoms with Gasteiger partial charge in [-0.1, -0.05) is 18.2 Å². The van der Waals surface area contributed by atoms with E-state index in [1.54, 1.807) is 7.11 Å². The Morgan fingerprint density at radius 2 is 1.96 bits per heavy atom. The van der Waals surface area contributed by atoms with Gasteiger partial charge < -0.3 is 9.14 Å². The topological polar surface area (TPSA) is 56.8 Å². The summed E-state index contributed by atoms with van der Waals surface area (Å²) in [5, 5.41) is 11.2. The molecule has 1 aromatic carbocycles. The van der Waals surface area contributed by atoms with E-state index in [-0.39, 0.29) is 17.4 Å². The molecule has 0 spiro atoms. The summed E-state index contributed by atoms with van der Waals surface area (Å²) in [7, 11) is 1.61. The molecule has 5 nitrogen and oxygen atoms in total. The number of hydrogen-bond donors (Lipinski definition) is 0. The summed E-state index contributed by atoms with van der Waals surface area (Å²) in [5.74, 6) is 0.436. The second kappa shape index (κ2) is 6.12. The van der Waals surface area contributed by atoms with Gasteiger partial charge in [-0.25, -0.2) is 0 Å². The Hall–Kier alpha value is -2.82. The number of pyridine rings is 1. The van der Waals surface area contributed by atoms with E-state index in [1.807, 2.05) is 60.0 Å². The van der Waals surface area contributed by atoms with Crippen molar-refractivity contribution in [1.82, 2.24) is 4.40 Å². The van der Waals surface area contributed by atoms with Crippen LogP contribution < -0.4 is 4.74 Å². The second-order valence-corrected chi connectivity index (χ2v) is 5.55. The molecular formula is C18H18N2O3. The average Bonchev–Trinajstić information content (AvgIpc) is 2.88. The Bertz CT molecular complexity index is 837. The molecule has 0 amide bonds. The van der Waals surface area contributed by atoms with E-state index in [4.69, 9.17) is 4.74 Å². The van der Waals surface area contributed by atoms with Crippen LogP contribution in [0.25, 0.3) is 5.52 Å². The number of aromatic nitrogens is 1. The molecular weight excluding hydrogens is 292 g/mol. The highest BCUT2D eigenvalue weighted by Crippen LogP contribution is 2.31. The van der Waals surface area contributed by atoms with Gasteiger partial charge in [0.25, 0.3) is 0 Å². The molecule has 0 aliphatic heterocycles. The summed E-state index contributed by atoms with van der Waals surface area (Å²) in [4.78, 5) is 11.0. The fourth-order valence-electron chi connectivity index (χ4n) is 3.06. The molecule has 0 saturated carbocycles. The first-order valence-corrected chi connectivity index (χ1v) is 7.42. The molecule has 0 fully saturated rings. The maximum atomic E-state index is 11.2. The van der Waals surface area contributed by atoms with Gasteiger partial charge in [0.15, 0.2) is 0 Å². The highest BCUT2D eigenvalue weighted by atomic mass is 16.6. The van der Waals surface area contributed by atoms with Crippen LogP contribution in [0.2, 0.25) is 0 Å². The van der Waals surface area contributed by atoms with Gasteiger partial charge in [-0.05, 0) is 48.4 Å². The number of fused-ring (bicyclic) bond motifs is 1. The maximum absolute atomic E-state index is 11.2. The van der Waals surface area contributed by atoms with E-state index >= 15 is 0 Å². The van der Waals surface area contributed by atoms with Crippen molar-refractivity contribution in [3.05, 3.63) is 81.7 Å². The molecule has 0 bridgehead atoms. The van der Waals surface area contributed by atoms with E-state index in [2.05, 4.69) is 6.07 Å². The third-order valence-electron chi connectivity index (χ3n) is 4.10. The Balaban J connectivity index is 2.14. The molecule has 0 aliphatic rings. The van der Waals surface area contributed by atoms with Crippen molar-refractivity contribution >= 4 is 5.52 Å². The van der Waals surface area contributed by atoms with Gasteiger partial charge >= 0.3 is 0 Å². The summed E-state index contributed by atoms with van der Waals surface area (Å²) in [5.41, 5.74) is 3.97. The summed E-state index contributed by atoms with van der Waals surface area (Å²) < 4.78 is 7.21. The molecule has 23 heavy (non-hydrogen) atoms. The van der Waals surface area contributed by atoms with Crippen LogP contribution in [0.4, 0.5) is 0 Å². The minimum Gasteiger partial charge on any atom is -0.497 e. The Labute approximate surface area is 134 Å². The van der Waals surface area contributed by atoms with Crippen LogP contribution in [0.5, 0.6) is 5.75 Å². The standard InChI is InChI=1S/C18H18N2O3/c1-13-11-15-5-3-4-10-19(15)18(13)17(12-20(21)22)14-6-8-16(23-2)9-7-14/h3-11,17H,12H2,1-2H3/t17-/m0/s1. The summed E-state index contributed by atoms with van der Waals surface area (Å²) in [6.45, 7) is 1.85. The quantitative estimate of drug-likeness (QED) is 0.534. The first kappa shape index (κ1) is 15.1. The normalized spacial score (nSPS) is 12.3. The van der Waals surface area contributed by atoms with Gasteiger partial charge in [-0.2, -0.15) is 0 Å². The SMILES string of the molecule is COc1ccc([C@H](C[N+](=O)[O-])c2c(C)cc3ccccn23)cc1. The van der Waals surface area contributed by atoms with Gasteiger partial charge in [0.05, 0.1) is 13.0 Å². The van der Waals surface area contributed by atoms with Crippen LogP contribution in [-0.4, -0.2) is 23.0 Å². The van der Waals surface area contributed by atoms with Crippen molar-refractivity contribution in [3.8, 4) is 5.75 Å². The molecule has 5 heteroatoms. The van der Waals surface area contributed by atoms with Crippen molar-refractivity contribution < 1.29 is 9.66 Å². The smallest absolute Gasteiger partial charge is 0.216 e. The molecule has 3 aromatic rings. The lowest BCUT2D eigenvalue weighted by atomic mass is 9.93. The average molecular weight is 310 g/mol. The van der Waals surface area contributed by atoms with Crippen LogP contribution in [0.15, 0.2) is 54.7 Å². The lowest BCUT2D eigenvalue weighted by Gasteiger charge is -2.16. The molecule has 3 rings (SSSR count). The van der Waals surface area contributed by atoms with Crippen molar-refractivity contribution in [3.63, 3.8) is 0 Å². The monoisotopic (exact) mass is 310 g/mol. The van der Waals surface area contributed by atoms with Crippen molar-refractivity contribution in [2.75, 3.05) is 13.7 Å². The Morgan fingerprint density at radius 1 is 1.22 bits per heavy atom. The number of nitro groups is 1. The largest absolute Gasteiger partial charge is 0.497 e. The van der Waals surface area contributed by atoms with Gasteiger partial charge in [0.1, 0.15) is 5.75 Å². The van der Waals surface area contributed by atoms with Crippen molar-refractivity contribution in [2.24, 2.45) is 0 Å². The second-order valence-electron chi connectivity index (χ2n) is 5.55. The number of rotatable bonds is 5.